The van der Waals surface area contributed by atoms with E-state index in [0.29, 0.717) is 0 Å². The second-order valence-electron chi connectivity index (χ2n) is 5.98. The lowest BCUT2D eigenvalue weighted by Gasteiger charge is -2.27. The third-order valence-electron chi connectivity index (χ3n) is 4.89. The van der Waals surface area contributed by atoms with Crippen LogP contribution in [-0.2, 0) is 6.42 Å². The summed E-state index contributed by atoms with van der Waals surface area (Å²) in [6, 6.07) is 7.73. The molecule has 1 aromatic rings. The summed E-state index contributed by atoms with van der Waals surface area (Å²) >= 11 is 0. The average Bonchev–Trinajstić information content (AvgIpc) is 2.98. The first kappa shape index (κ1) is 13.7. The minimum atomic E-state index is 0.731. The fourth-order valence-corrected chi connectivity index (χ4v) is 3.66. The number of rotatable bonds is 4. The Bertz CT molecular complexity index is 454. The normalized spacial score (nSPS) is 21.9. The summed E-state index contributed by atoms with van der Waals surface area (Å²) in [7, 11) is 0. The summed E-state index contributed by atoms with van der Waals surface area (Å²) in [4.78, 5) is 5.15. The number of fused-ring (bicyclic) bond motifs is 1. The first-order valence-corrected chi connectivity index (χ1v) is 8.17. The molecule has 1 N–H and O–H groups in total. The molecule has 1 unspecified atom stereocenters. The van der Waals surface area contributed by atoms with Crippen molar-refractivity contribution in [2.75, 3.05) is 42.9 Å². The van der Waals surface area contributed by atoms with Gasteiger partial charge in [-0.3, -0.25) is 4.90 Å². The van der Waals surface area contributed by atoms with Crippen LogP contribution in [0.25, 0.3) is 0 Å². The van der Waals surface area contributed by atoms with Crippen molar-refractivity contribution in [1.82, 2.24) is 4.90 Å². The van der Waals surface area contributed by atoms with Crippen molar-refractivity contribution in [3.63, 3.8) is 0 Å². The molecule has 110 valence electrons. The number of hydrogen-bond acceptors (Lipinski definition) is 3. The molecular weight excluding hydrogens is 246 g/mol. The van der Waals surface area contributed by atoms with E-state index in [2.05, 4.69) is 47.2 Å². The number of aryl methyl sites for hydroxylation is 1. The molecule has 0 bridgehead atoms. The number of nitrogens with one attached hydrogen (secondary N) is 1. The summed E-state index contributed by atoms with van der Waals surface area (Å²) in [5, 5.41) is 3.55. The zero-order chi connectivity index (χ0) is 13.9. The second-order valence-corrected chi connectivity index (χ2v) is 5.98. The predicted octanol–water partition coefficient (Wildman–Crippen LogP) is 2.97. The lowest BCUT2D eigenvalue weighted by molar-refractivity contribution is 0.232. The molecule has 2 heterocycles. The predicted molar refractivity (Wildman–Crippen MR) is 86.8 cm³/mol. The molecule has 1 atom stereocenters. The topological polar surface area (TPSA) is 18.5 Å². The van der Waals surface area contributed by atoms with E-state index >= 15 is 0 Å². The van der Waals surface area contributed by atoms with E-state index < -0.39 is 0 Å². The molecule has 3 heteroatoms. The van der Waals surface area contributed by atoms with Gasteiger partial charge in [0.15, 0.2) is 0 Å². The van der Waals surface area contributed by atoms with Gasteiger partial charge in [0.05, 0.1) is 0 Å². The van der Waals surface area contributed by atoms with Gasteiger partial charge in [-0.05, 0) is 50.0 Å². The highest BCUT2D eigenvalue weighted by Gasteiger charge is 2.26. The second kappa shape index (κ2) is 6.04. The van der Waals surface area contributed by atoms with Crippen LogP contribution in [0.4, 0.5) is 11.4 Å². The summed E-state index contributed by atoms with van der Waals surface area (Å²) in [6.45, 7) is 10.4. The van der Waals surface area contributed by atoms with Crippen LogP contribution in [-0.4, -0.2) is 43.7 Å². The molecular formula is C17H27N3. The molecule has 1 fully saturated rings. The molecule has 3 rings (SSSR count). The zero-order valence-corrected chi connectivity index (χ0v) is 12.9. The third-order valence-corrected chi connectivity index (χ3v) is 4.89. The lowest BCUT2D eigenvalue weighted by atomic mass is 10.0. The van der Waals surface area contributed by atoms with Gasteiger partial charge in [0.1, 0.15) is 0 Å². The van der Waals surface area contributed by atoms with E-state index in [1.165, 1.54) is 62.4 Å². The monoisotopic (exact) mass is 273 g/mol. The number of anilines is 2. The third kappa shape index (κ3) is 2.64. The first-order valence-electron chi connectivity index (χ1n) is 8.17. The van der Waals surface area contributed by atoms with Gasteiger partial charge < -0.3 is 10.2 Å². The highest BCUT2D eigenvalue weighted by atomic mass is 15.2. The van der Waals surface area contributed by atoms with E-state index in [0.717, 1.165) is 12.6 Å². The maximum Gasteiger partial charge on any atom is 0.0393 e. The fourth-order valence-electron chi connectivity index (χ4n) is 3.66. The molecule has 3 nitrogen and oxygen atoms in total. The molecule has 2 aliphatic rings. The standard InChI is InChI=1S/C17H27N3/c1-3-19(4-2)16-9-11-20(13-16)15-8-7-14-6-5-10-18-17(14)12-15/h7-8,12,16,18H,3-6,9-11,13H2,1-2H3. The molecule has 0 radical (unpaired) electrons. The van der Waals surface area contributed by atoms with Gasteiger partial charge in [0, 0.05) is 37.1 Å². The van der Waals surface area contributed by atoms with Crippen molar-refractivity contribution in [1.29, 1.82) is 0 Å². The van der Waals surface area contributed by atoms with Crippen LogP contribution in [0.1, 0.15) is 32.3 Å². The number of nitrogens with zero attached hydrogens (tertiary/aromatic N) is 2. The maximum atomic E-state index is 3.55. The SMILES string of the molecule is CCN(CC)C1CCN(c2ccc3c(c2)NCCC3)C1. The van der Waals surface area contributed by atoms with Crippen LogP contribution in [0.2, 0.25) is 0 Å². The van der Waals surface area contributed by atoms with E-state index in [9.17, 15) is 0 Å². The van der Waals surface area contributed by atoms with Crippen molar-refractivity contribution in [2.24, 2.45) is 0 Å². The molecule has 1 saturated heterocycles. The molecule has 0 amide bonds. The maximum absolute atomic E-state index is 3.55. The van der Waals surface area contributed by atoms with Gasteiger partial charge in [-0.2, -0.15) is 0 Å². The Kier molecular flexibility index (Phi) is 4.16. The molecule has 0 saturated carbocycles. The Hall–Kier alpha value is -1.22. The summed E-state index contributed by atoms with van der Waals surface area (Å²) in [6.07, 6.45) is 3.79. The van der Waals surface area contributed by atoms with Crippen molar-refractivity contribution in [3.8, 4) is 0 Å². The van der Waals surface area contributed by atoms with Crippen LogP contribution >= 0.6 is 0 Å². The van der Waals surface area contributed by atoms with E-state index in [1.807, 2.05) is 0 Å². The van der Waals surface area contributed by atoms with Gasteiger partial charge >= 0.3 is 0 Å². The van der Waals surface area contributed by atoms with Crippen molar-refractivity contribution >= 4 is 11.4 Å². The average molecular weight is 273 g/mol. The fraction of sp³-hybridized carbons (Fsp3) is 0.647. The van der Waals surface area contributed by atoms with Crippen LogP contribution in [0, 0.1) is 0 Å². The Morgan fingerprint density at radius 3 is 2.95 bits per heavy atom. The molecule has 2 aliphatic heterocycles. The number of benzene rings is 1. The Balaban J connectivity index is 1.71. The van der Waals surface area contributed by atoms with Crippen LogP contribution in [0.5, 0.6) is 0 Å². The minimum absolute atomic E-state index is 0.731. The molecule has 0 spiro atoms. The van der Waals surface area contributed by atoms with Crippen LogP contribution in [0.3, 0.4) is 0 Å². The highest BCUT2D eigenvalue weighted by Crippen LogP contribution is 2.30. The molecule has 20 heavy (non-hydrogen) atoms. The van der Waals surface area contributed by atoms with Crippen LogP contribution in [0.15, 0.2) is 18.2 Å². The zero-order valence-electron chi connectivity index (χ0n) is 12.9. The summed E-state index contributed by atoms with van der Waals surface area (Å²) in [5.74, 6) is 0. The van der Waals surface area contributed by atoms with E-state index in [4.69, 9.17) is 0 Å². The smallest absolute Gasteiger partial charge is 0.0393 e. The highest BCUT2D eigenvalue weighted by molar-refractivity contribution is 5.63. The van der Waals surface area contributed by atoms with Gasteiger partial charge in [-0.15, -0.1) is 0 Å². The van der Waals surface area contributed by atoms with Crippen molar-refractivity contribution < 1.29 is 0 Å². The van der Waals surface area contributed by atoms with Gasteiger partial charge in [-0.1, -0.05) is 19.9 Å². The minimum Gasteiger partial charge on any atom is -0.385 e. The molecule has 0 aromatic heterocycles. The van der Waals surface area contributed by atoms with Gasteiger partial charge in [-0.25, -0.2) is 0 Å². The quantitative estimate of drug-likeness (QED) is 0.910. The summed E-state index contributed by atoms with van der Waals surface area (Å²) < 4.78 is 0. The van der Waals surface area contributed by atoms with Gasteiger partial charge in [0.25, 0.3) is 0 Å². The number of likely N-dealkylation sites (N-methyl/N-ethyl adjacent to an activating group) is 1. The van der Waals surface area contributed by atoms with Crippen LogP contribution < -0.4 is 10.2 Å². The van der Waals surface area contributed by atoms with Crippen molar-refractivity contribution in [2.45, 2.75) is 39.2 Å². The largest absolute Gasteiger partial charge is 0.385 e. The number of hydrogen-bond donors (Lipinski definition) is 1. The Morgan fingerprint density at radius 2 is 2.15 bits per heavy atom. The Labute approximate surface area is 123 Å². The van der Waals surface area contributed by atoms with E-state index in [-0.39, 0.29) is 0 Å². The van der Waals surface area contributed by atoms with E-state index in [1.54, 1.807) is 0 Å². The Morgan fingerprint density at radius 1 is 1.30 bits per heavy atom. The van der Waals surface area contributed by atoms with Gasteiger partial charge in [0.2, 0.25) is 0 Å². The first-order chi connectivity index (χ1) is 9.81. The van der Waals surface area contributed by atoms with Crippen molar-refractivity contribution in [3.05, 3.63) is 23.8 Å². The lowest BCUT2D eigenvalue weighted by Crippen LogP contribution is -2.37. The molecule has 0 aliphatic carbocycles. The molecule has 1 aromatic carbocycles. The summed E-state index contributed by atoms with van der Waals surface area (Å²) in [5.41, 5.74) is 4.24.